The summed E-state index contributed by atoms with van der Waals surface area (Å²) in [6.45, 7) is 1.71. The van der Waals surface area contributed by atoms with E-state index in [1.165, 1.54) is 7.11 Å². The third kappa shape index (κ3) is 4.51. The normalized spacial score (nSPS) is 20.6. The van der Waals surface area contributed by atoms with E-state index in [1.807, 2.05) is 0 Å². The van der Waals surface area contributed by atoms with Crippen molar-refractivity contribution in [2.75, 3.05) is 31.0 Å². The number of amides is 1. The molecule has 2 N–H and O–H groups in total. The van der Waals surface area contributed by atoms with Crippen LogP contribution in [0, 0.1) is 0 Å². The maximum absolute atomic E-state index is 12.2. The number of methoxy groups -OCH3 is 2. The first-order chi connectivity index (χ1) is 10.8. The molecule has 7 nitrogen and oxygen atoms in total. The number of carbonyl (C=O) groups is 1. The van der Waals surface area contributed by atoms with E-state index in [0.29, 0.717) is 23.6 Å². The molecule has 0 spiro atoms. The third-order valence-corrected chi connectivity index (χ3v) is 5.52. The summed E-state index contributed by atoms with van der Waals surface area (Å²) in [5.74, 6) is 1.11. The second-order valence-electron chi connectivity index (χ2n) is 5.54. The van der Waals surface area contributed by atoms with Crippen LogP contribution in [0.25, 0.3) is 0 Å². The van der Waals surface area contributed by atoms with E-state index < -0.39 is 15.9 Å². The van der Waals surface area contributed by atoms with Crippen LogP contribution in [0.15, 0.2) is 18.2 Å². The van der Waals surface area contributed by atoms with E-state index in [-0.39, 0.29) is 23.5 Å². The second kappa shape index (κ2) is 7.08. The predicted octanol–water partition coefficient (Wildman–Crippen LogP) is 0.808. The van der Waals surface area contributed by atoms with Crippen molar-refractivity contribution in [3.8, 4) is 11.5 Å². The molecule has 23 heavy (non-hydrogen) atoms. The Kier molecular flexibility index (Phi) is 5.35. The molecule has 0 bridgehead atoms. The van der Waals surface area contributed by atoms with Gasteiger partial charge in [-0.1, -0.05) is 0 Å². The van der Waals surface area contributed by atoms with E-state index in [4.69, 9.17) is 9.47 Å². The minimum atomic E-state index is -3.01. The Morgan fingerprint density at radius 1 is 1.30 bits per heavy atom. The Bertz CT molecular complexity index is 674. The highest BCUT2D eigenvalue weighted by Crippen LogP contribution is 2.29. The second-order valence-corrected chi connectivity index (χ2v) is 7.77. The average Bonchev–Trinajstić information content (AvgIpc) is 2.86. The van der Waals surface area contributed by atoms with E-state index in [1.54, 1.807) is 32.2 Å². The smallest absolute Gasteiger partial charge is 0.242 e. The lowest BCUT2D eigenvalue weighted by Crippen LogP contribution is -2.43. The number of ether oxygens (including phenoxy) is 2. The molecule has 0 radical (unpaired) electrons. The van der Waals surface area contributed by atoms with Gasteiger partial charge in [0.05, 0.1) is 31.4 Å². The Balaban J connectivity index is 1.98. The fraction of sp³-hybridized carbons (Fsp3) is 0.533. The zero-order chi connectivity index (χ0) is 17.0. The summed E-state index contributed by atoms with van der Waals surface area (Å²) >= 11 is 0. The van der Waals surface area contributed by atoms with Gasteiger partial charge in [0.2, 0.25) is 5.91 Å². The van der Waals surface area contributed by atoms with Gasteiger partial charge in [-0.3, -0.25) is 4.79 Å². The summed E-state index contributed by atoms with van der Waals surface area (Å²) in [7, 11) is 0.0858. The standard InChI is InChI=1S/C15H22N2O5S/c1-10(15(18)17-11-6-7-23(19,20)9-11)16-13-5-4-12(21-2)8-14(13)22-3/h4-5,8,10-11,16H,6-7,9H2,1-3H3,(H,17,18). The number of anilines is 1. The maximum Gasteiger partial charge on any atom is 0.242 e. The van der Waals surface area contributed by atoms with Gasteiger partial charge in [0.1, 0.15) is 17.5 Å². The van der Waals surface area contributed by atoms with Gasteiger partial charge in [0.25, 0.3) is 0 Å². The van der Waals surface area contributed by atoms with E-state index >= 15 is 0 Å². The monoisotopic (exact) mass is 342 g/mol. The number of sulfone groups is 1. The molecule has 2 rings (SSSR count). The van der Waals surface area contributed by atoms with Gasteiger partial charge < -0.3 is 20.1 Å². The molecule has 0 saturated carbocycles. The topological polar surface area (TPSA) is 93.7 Å². The number of carbonyl (C=O) groups excluding carboxylic acids is 1. The highest BCUT2D eigenvalue weighted by molar-refractivity contribution is 7.91. The molecule has 0 aromatic heterocycles. The average molecular weight is 342 g/mol. The molecule has 1 heterocycles. The van der Waals surface area contributed by atoms with E-state index in [2.05, 4.69) is 10.6 Å². The Morgan fingerprint density at radius 3 is 2.61 bits per heavy atom. The van der Waals surface area contributed by atoms with Crippen LogP contribution in [-0.2, 0) is 14.6 Å². The van der Waals surface area contributed by atoms with Crippen molar-refractivity contribution < 1.29 is 22.7 Å². The Hall–Kier alpha value is -1.96. The molecule has 1 fully saturated rings. The molecule has 8 heteroatoms. The summed E-state index contributed by atoms with van der Waals surface area (Å²) in [5.41, 5.74) is 0.662. The quantitative estimate of drug-likeness (QED) is 0.794. The molecule has 1 aromatic carbocycles. The molecule has 0 aliphatic carbocycles. The number of hydrogen-bond donors (Lipinski definition) is 2. The first kappa shape index (κ1) is 17.4. The first-order valence-corrected chi connectivity index (χ1v) is 9.16. The van der Waals surface area contributed by atoms with Crippen LogP contribution in [0.4, 0.5) is 5.69 Å². The molecule has 2 atom stereocenters. The lowest BCUT2D eigenvalue weighted by Gasteiger charge is -2.19. The maximum atomic E-state index is 12.2. The van der Waals surface area contributed by atoms with E-state index in [9.17, 15) is 13.2 Å². The molecule has 1 aliphatic heterocycles. The molecule has 128 valence electrons. The van der Waals surface area contributed by atoms with Crippen molar-refractivity contribution in [3.05, 3.63) is 18.2 Å². The zero-order valence-electron chi connectivity index (χ0n) is 13.5. The summed E-state index contributed by atoms with van der Waals surface area (Å²) in [6.07, 6.45) is 0.465. The summed E-state index contributed by atoms with van der Waals surface area (Å²) in [5, 5.41) is 5.83. The lowest BCUT2D eigenvalue weighted by atomic mass is 10.2. The van der Waals surface area contributed by atoms with Crippen LogP contribution in [-0.4, -0.2) is 52.1 Å². The number of hydrogen-bond acceptors (Lipinski definition) is 6. The van der Waals surface area contributed by atoms with Crippen molar-refractivity contribution in [3.63, 3.8) is 0 Å². The van der Waals surface area contributed by atoms with Crippen molar-refractivity contribution in [2.45, 2.75) is 25.4 Å². The van der Waals surface area contributed by atoms with Crippen LogP contribution < -0.4 is 20.1 Å². The summed E-state index contributed by atoms with van der Waals surface area (Å²) in [4.78, 5) is 12.2. The minimum absolute atomic E-state index is 0.0112. The molecule has 1 aromatic rings. The Labute approximate surface area is 136 Å². The van der Waals surface area contributed by atoms with Crippen LogP contribution >= 0.6 is 0 Å². The molecular weight excluding hydrogens is 320 g/mol. The summed E-state index contributed by atoms with van der Waals surface area (Å²) in [6, 6.07) is 4.41. The fourth-order valence-corrected chi connectivity index (χ4v) is 4.12. The Morgan fingerprint density at radius 2 is 2.04 bits per heavy atom. The summed E-state index contributed by atoms with van der Waals surface area (Å²) < 4.78 is 33.3. The SMILES string of the molecule is COc1ccc(NC(C)C(=O)NC2CCS(=O)(=O)C2)c(OC)c1. The van der Waals surface area contributed by atoms with Gasteiger partial charge >= 0.3 is 0 Å². The largest absolute Gasteiger partial charge is 0.497 e. The van der Waals surface area contributed by atoms with Crippen LogP contribution in [0.3, 0.4) is 0 Å². The van der Waals surface area contributed by atoms with Gasteiger partial charge in [-0.05, 0) is 25.5 Å². The molecular formula is C15H22N2O5S. The molecule has 2 unspecified atom stereocenters. The number of rotatable bonds is 6. The van der Waals surface area contributed by atoms with Crippen molar-refractivity contribution >= 4 is 21.4 Å². The van der Waals surface area contributed by atoms with Crippen LogP contribution in [0.1, 0.15) is 13.3 Å². The van der Waals surface area contributed by atoms with Crippen molar-refractivity contribution in [2.24, 2.45) is 0 Å². The highest BCUT2D eigenvalue weighted by Gasteiger charge is 2.30. The first-order valence-electron chi connectivity index (χ1n) is 7.34. The molecule has 1 amide bonds. The van der Waals surface area contributed by atoms with Crippen molar-refractivity contribution in [1.82, 2.24) is 5.32 Å². The van der Waals surface area contributed by atoms with Gasteiger partial charge in [0, 0.05) is 12.1 Å². The van der Waals surface area contributed by atoms with Crippen LogP contribution in [0.2, 0.25) is 0 Å². The molecule has 1 saturated heterocycles. The lowest BCUT2D eigenvalue weighted by molar-refractivity contribution is -0.122. The van der Waals surface area contributed by atoms with E-state index in [0.717, 1.165) is 0 Å². The van der Waals surface area contributed by atoms with Gasteiger partial charge in [-0.15, -0.1) is 0 Å². The highest BCUT2D eigenvalue weighted by atomic mass is 32.2. The minimum Gasteiger partial charge on any atom is -0.497 e. The third-order valence-electron chi connectivity index (χ3n) is 3.75. The predicted molar refractivity (Wildman–Crippen MR) is 87.8 cm³/mol. The van der Waals surface area contributed by atoms with Gasteiger partial charge in [-0.25, -0.2) is 8.42 Å². The fourth-order valence-electron chi connectivity index (χ4n) is 2.45. The zero-order valence-corrected chi connectivity index (χ0v) is 14.3. The van der Waals surface area contributed by atoms with Crippen LogP contribution in [0.5, 0.6) is 11.5 Å². The number of nitrogens with one attached hydrogen (secondary N) is 2. The van der Waals surface area contributed by atoms with Gasteiger partial charge in [-0.2, -0.15) is 0 Å². The van der Waals surface area contributed by atoms with Gasteiger partial charge in [0.15, 0.2) is 9.84 Å². The van der Waals surface area contributed by atoms with Crippen molar-refractivity contribution in [1.29, 1.82) is 0 Å². The number of benzene rings is 1. The molecule has 1 aliphatic rings.